The lowest BCUT2D eigenvalue weighted by Crippen LogP contribution is -2.55. The summed E-state index contributed by atoms with van der Waals surface area (Å²) in [5.41, 5.74) is 3.61. The second-order valence-electron chi connectivity index (χ2n) is 9.49. The van der Waals surface area contributed by atoms with E-state index in [9.17, 15) is 9.59 Å². The molecule has 8 heteroatoms. The molecule has 0 bridgehead atoms. The van der Waals surface area contributed by atoms with Crippen LogP contribution in [0.4, 0.5) is 4.79 Å². The number of hydrogen-bond acceptors (Lipinski definition) is 5. The molecule has 0 saturated carbocycles. The van der Waals surface area contributed by atoms with Crippen LogP contribution in [0.2, 0.25) is 5.02 Å². The van der Waals surface area contributed by atoms with E-state index in [-0.39, 0.29) is 18.0 Å². The molecule has 1 aromatic heterocycles. The van der Waals surface area contributed by atoms with Crippen LogP contribution in [0.3, 0.4) is 0 Å². The first-order valence-corrected chi connectivity index (χ1v) is 12.8. The molecule has 0 spiro atoms. The molecule has 184 valence electrons. The molecule has 2 heterocycles. The molecule has 2 aromatic rings. The number of aromatic nitrogens is 1. The standard InChI is InChI=1S/C26H35ClN4O3/c1-4-13-34-26(33)31-12-11-30(16-17(31)2)25(32)19-6-8-21-23(15-19)29-22-14-18(9-10-28-3)5-7-20(22)24(21)27/h6,8,15,17-18,28H,4-5,7,9-14,16H2,1-3H3/t17-,18?/m0/s1. The van der Waals surface area contributed by atoms with Gasteiger partial charge < -0.3 is 19.9 Å². The van der Waals surface area contributed by atoms with Crippen molar-refractivity contribution < 1.29 is 14.3 Å². The van der Waals surface area contributed by atoms with Crippen LogP contribution < -0.4 is 5.32 Å². The van der Waals surface area contributed by atoms with Crippen LogP contribution in [0.5, 0.6) is 0 Å². The number of halogens is 1. The third-order valence-electron chi connectivity index (χ3n) is 7.02. The van der Waals surface area contributed by atoms with Gasteiger partial charge in [0.2, 0.25) is 0 Å². The Hall–Kier alpha value is -2.38. The molecule has 1 aliphatic heterocycles. The Kier molecular flexibility index (Phi) is 7.94. The average Bonchev–Trinajstić information content (AvgIpc) is 2.85. The minimum Gasteiger partial charge on any atom is -0.449 e. The summed E-state index contributed by atoms with van der Waals surface area (Å²) in [5.74, 6) is 0.561. The molecule has 1 saturated heterocycles. The summed E-state index contributed by atoms with van der Waals surface area (Å²) in [7, 11) is 1.98. The molecular weight excluding hydrogens is 452 g/mol. The smallest absolute Gasteiger partial charge is 0.410 e. The van der Waals surface area contributed by atoms with Gasteiger partial charge in [-0.15, -0.1) is 0 Å². The predicted molar refractivity (Wildman–Crippen MR) is 135 cm³/mol. The molecule has 1 fully saturated rings. The van der Waals surface area contributed by atoms with E-state index in [1.54, 1.807) is 4.90 Å². The van der Waals surface area contributed by atoms with E-state index < -0.39 is 0 Å². The maximum Gasteiger partial charge on any atom is 0.410 e. The van der Waals surface area contributed by atoms with E-state index in [4.69, 9.17) is 21.3 Å². The lowest BCUT2D eigenvalue weighted by molar-refractivity contribution is 0.0412. The van der Waals surface area contributed by atoms with Gasteiger partial charge in [-0.25, -0.2) is 4.79 Å². The van der Waals surface area contributed by atoms with Gasteiger partial charge in [0, 0.05) is 42.3 Å². The number of pyridine rings is 1. The van der Waals surface area contributed by atoms with Gasteiger partial charge in [-0.05, 0) is 76.2 Å². The lowest BCUT2D eigenvalue weighted by atomic mass is 9.84. The van der Waals surface area contributed by atoms with Crippen molar-refractivity contribution in [3.63, 3.8) is 0 Å². The normalized spacial score (nSPS) is 20.4. The van der Waals surface area contributed by atoms with Gasteiger partial charge in [-0.3, -0.25) is 9.78 Å². The topological polar surface area (TPSA) is 74.8 Å². The zero-order chi connectivity index (χ0) is 24.2. The van der Waals surface area contributed by atoms with E-state index in [0.717, 1.165) is 65.8 Å². The number of carbonyl (C=O) groups is 2. The van der Waals surface area contributed by atoms with Crippen LogP contribution in [0, 0.1) is 5.92 Å². The molecule has 7 nitrogen and oxygen atoms in total. The van der Waals surface area contributed by atoms with Crippen molar-refractivity contribution >= 4 is 34.5 Å². The van der Waals surface area contributed by atoms with Crippen molar-refractivity contribution in [2.24, 2.45) is 5.92 Å². The fourth-order valence-corrected chi connectivity index (χ4v) is 5.42. The Balaban J connectivity index is 1.50. The highest BCUT2D eigenvalue weighted by atomic mass is 35.5. The van der Waals surface area contributed by atoms with Crippen molar-refractivity contribution in [1.29, 1.82) is 0 Å². The van der Waals surface area contributed by atoms with Gasteiger partial charge in [-0.2, -0.15) is 0 Å². The molecular formula is C26H35ClN4O3. The molecule has 1 aliphatic carbocycles. The molecule has 0 radical (unpaired) electrons. The molecule has 2 atom stereocenters. The Bertz CT molecular complexity index is 1060. The van der Waals surface area contributed by atoms with Crippen LogP contribution in [-0.4, -0.2) is 72.7 Å². The number of carbonyl (C=O) groups excluding carboxylic acids is 2. The number of nitrogens with one attached hydrogen (secondary N) is 1. The summed E-state index contributed by atoms with van der Waals surface area (Å²) in [6.07, 6.45) is 4.63. The van der Waals surface area contributed by atoms with Crippen LogP contribution in [0.15, 0.2) is 18.2 Å². The number of ether oxygens (including phenoxy) is 1. The maximum absolute atomic E-state index is 13.3. The van der Waals surface area contributed by atoms with Gasteiger partial charge in [0.05, 0.1) is 17.1 Å². The SMILES string of the molecule is CCCOC(=O)N1CCN(C(=O)c2ccc3c(Cl)c4c(nc3c2)CC(CCNC)CC4)C[C@@H]1C. The summed E-state index contributed by atoms with van der Waals surface area (Å²) < 4.78 is 5.27. The Morgan fingerprint density at radius 3 is 2.85 bits per heavy atom. The highest BCUT2D eigenvalue weighted by Gasteiger charge is 2.31. The highest BCUT2D eigenvalue weighted by Crippen LogP contribution is 2.35. The molecule has 2 aliphatic rings. The van der Waals surface area contributed by atoms with Crippen molar-refractivity contribution in [2.45, 2.75) is 52.0 Å². The fourth-order valence-electron chi connectivity index (χ4n) is 5.05. The molecule has 1 unspecified atom stereocenters. The van der Waals surface area contributed by atoms with Crippen LogP contribution in [0.25, 0.3) is 10.9 Å². The molecule has 34 heavy (non-hydrogen) atoms. The number of fused-ring (bicyclic) bond motifs is 2. The third kappa shape index (κ3) is 5.15. The van der Waals surface area contributed by atoms with Crippen LogP contribution in [-0.2, 0) is 17.6 Å². The molecule has 1 N–H and O–H groups in total. The first-order valence-electron chi connectivity index (χ1n) is 12.4. The molecule has 1 aromatic carbocycles. The largest absolute Gasteiger partial charge is 0.449 e. The van der Waals surface area contributed by atoms with Crippen molar-refractivity contribution in [3.8, 4) is 0 Å². The Labute approximate surface area is 206 Å². The zero-order valence-electron chi connectivity index (χ0n) is 20.4. The summed E-state index contributed by atoms with van der Waals surface area (Å²) in [6.45, 7) is 6.76. The minimum absolute atomic E-state index is 0.0436. The van der Waals surface area contributed by atoms with E-state index in [2.05, 4.69) is 5.32 Å². The summed E-state index contributed by atoms with van der Waals surface area (Å²) in [6, 6.07) is 5.53. The van der Waals surface area contributed by atoms with Crippen molar-refractivity contribution in [1.82, 2.24) is 20.1 Å². The number of amides is 2. The fraction of sp³-hybridized carbons (Fsp3) is 0.577. The van der Waals surface area contributed by atoms with Gasteiger partial charge in [-0.1, -0.05) is 24.6 Å². The minimum atomic E-state index is -0.302. The van der Waals surface area contributed by atoms with Gasteiger partial charge >= 0.3 is 6.09 Å². The average molecular weight is 487 g/mol. The summed E-state index contributed by atoms with van der Waals surface area (Å²) in [4.78, 5) is 34.0. The maximum atomic E-state index is 13.3. The summed E-state index contributed by atoms with van der Waals surface area (Å²) in [5, 5.41) is 4.92. The van der Waals surface area contributed by atoms with E-state index in [0.29, 0.717) is 37.7 Å². The monoisotopic (exact) mass is 486 g/mol. The van der Waals surface area contributed by atoms with Gasteiger partial charge in [0.1, 0.15) is 0 Å². The predicted octanol–water partition coefficient (Wildman–Crippen LogP) is 4.30. The number of piperazine rings is 1. The van der Waals surface area contributed by atoms with Crippen molar-refractivity contribution in [3.05, 3.63) is 40.0 Å². The first kappa shape index (κ1) is 24.7. The number of rotatable bonds is 6. The molecule has 2 amide bonds. The van der Waals surface area contributed by atoms with Crippen LogP contribution in [0.1, 0.15) is 54.7 Å². The number of nitrogens with zero attached hydrogens (tertiary/aromatic N) is 3. The summed E-state index contributed by atoms with van der Waals surface area (Å²) >= 11 is 6.80. The van der Waals surface area contributed by atoms with Crippen molar-refractivity contribution in [2.75, 3.05) is 39.8 Å². The van der Waals surface area contributed by atoms with E-state index >= 15 is 0 Å². The Morgan fingerprint density at radius 2 is 2.12 bits per heavy atom. The van der Waals surface area contributed by atoms with E-state index in [1.165, 1.54) is 0 Å². The zero-order valence-corrected chi connectivity index (χ0v) is 21.2. The van der Waals surface area contributed by atoms with Gasteiger partial charge in [0.25, 0.3) is 5.91 Å². The van der Waals surface area contributed by atoms with E-state index in [1.807, 2.05) is 44.0 Å². The second-order valence-corrected chi connectivity index (χ2v) is 9.87. The Morgan fingerprint density at radius 1 is 1.29 bits per heavy atom. The number of hydrogen-bond donors (Lipinski definition) is 1. The highest BCUT2D eigenvalue weighted by molar-refractivity contribution is 6.36. The van der Waals surface area contributed by atoms with Gasteiger partial charge in [0.15, 0.2) is 0 Å². The number of benzene rings is 1. The van der Waals surface area contributed by atoms with Crippen LogP contribution >= 0.6 is 11.6 Å². The second kappa shape index (κ2) is 10.9. The first-order chi connectivity index (χ1) is 16.4. The molecule has 4 rings (SSSR count). The lowest BCUT2D eigenvalue weighted by Gasteiger charge is -2.39. The third-order valence-corrected chi connectivity index (χ3v) is 7.45. The quantitative estimate of drug-likeness (QED) is 0.659.